The second kappa shape index (κ2) is 4.64. The van der Waals surface area contributed by atoms with E-state index in [2.05, 4.69) is 4.98 Å². The minimum Gasteiger partial charge on any atom is -0.481 e. The molecule has 0 amide bonds. The number of hydrogen-bond acceptors (Lipinski definition) is 2. The summed E-state index contributed by atoms with van der Waals surface area (Å²) in [5, 5.41) is 8.62. The van der Waals surface area contributed by atoms with Crippen LogP contribution in [0.4, 0.5) is 0 Å². The monoisotopic (exact) mass is 198 g/mol. The van der Waals surface area contributed by atoms with Crippen LogP contribution in [0, 0.1) is 5.92 Å². The van der Waals surface area contributed by atoms with E-state index in [1.165, 1.54) is 4.57 Å². The molecule has 0 aliphatic heterocycles. The minimum atomic E-state index is -0.786. The Labute approximate surface area is 81.4 Å². The maximum absolute atomic E-state index is 11.0. The van der Waals surface area contributed by atoms with Gasteiger partial charge in [-0.2, -0.15) is 0 Å². The van der Waals surface area contributed by atoms with Crippen molar-refractivity contribution in [1.82, 2.24) is 9.55 Å². The molecule has 0 radical (unpaired) electrons. The standard InChI is InChI=1S/C9H14N2O3/c1-7(8(12)13)3-2-5-11-6-4-10-9(11)14/h4,6-7H,2-3,5H2,1H3,(H,10,14)(H,12,13). The molecule has 5 nitrogen and oxygen atoms in total. The molecule has 0 spiro atoms. The number of aromatic nitrogens is 2. The topological polar surface area (TPSA) is 75.1 Å². The summed E-state index contributed by atoms with van der Waals surface area (Å²) in [5.74, 6) is -1.13. The lowest BCUT2D eigenvalue weighted by Crippen LogP contribution is -2.17. The van der Waals surface area contributed by atoms with Gasteiger partial charge in [0.25, 0.3) is 0 Å². The van der Waals surface area contributed by atoms with Crippen molar-refractivity contribution in [2.45, 2.75) is 26.3 Å². The van der Waals surface area contributed by atoms with Crippen molar-refractivity contribution in [3.8, 4) is 0 Å². The van der Waals surface area contributed by atoms with Crippen LogP contribution < -0.4 is 5.69 Å². The third-order valence-corrected chi connectivity index (χ3v) is 2.18. The number of nitrogens with zero attached hydrogens (tertiary/aromatic N) is 1. The lowest BCUT2D eigenvalue weighted by atomic mass is 10.1. The van der Waals surface area contributed by atoms with Gasteiger partial charge in [0.2, 0.25) is 0 Å². The van der Waals surface area contributed by atoms with Gasteiger partial charge in [0.15, 0.2) is 0 Å². The van der Waals surface area contributed by atoms with E-state index in [9.17, 15) is 9.59 Å². The molecular weight excluding hydrogens is 184 g/mol. The Hall–Kier alpha value is -1.52. The Morgan fingerprint density at radius 2 is 2.43 bits per heavy atom. The van der Waals surface area contributed by atoms with Gasteiger partial charge < -0.3 is 10.1 Å². The van der Waals surface area contributed by atoms with Crippen LogP contribution in [0.2, 0.25) is 0 Å². The van der Waals surface area contributed by atoms with Crippen LogP contribution in [0.1, 0.15) is 19.8 Å². The highest BCUT2D eigenvalue weighted by Crippen LogP contribution is 2.05. The average Bonchev–Trinajstić information content (AvgIpc) is 2.51. The fourth-order valence-corrected chi connectivity index (χ4v) is 1.22. The van der Waals surface area contributed by atoms with Gasteiger partial charge in [-0.1, -0.05) is 6.92 Å². The Balaban J connectivity index is 2.32. The molecule has 78 valence electrons. The van der Waals surface area contributed by atoms with E-state index in [0.717, 1.165) is 0 Å². The van der Waals surface area contributed by atoms with Crippen LogP contribution in [-0.4, -0.2) is 20.6 Å². The zero-order chi connectivity index (χ0) is 10.6. The Bertz CT molecular complexity index is 353. The molecule has 2 N–H and O–H groups in total. The summed E-state index contributed by atoms with van der Waals surface area (Å²) in [4.78, 5) is 24.0. The van der Waals surface area contributed by atoms with Crippen molar-refractivity contribution in [2.75, 3.05) is 0 Å². The molecule has 1 unspecified atom stereocenters. The third kappa shape index (κ3) is 2.76. The highest BCUT2D eigenvalue weighted by Gasteiger charge is 2.09. The molecule has 14 heavy (non-hydrogen) atoms. The fraction of sp³-hybridized carbons (Fsp3) is 0.556. The average molecular weight is 198 g/mol. The summed E-state index contributed by atoms with van der Waals surface area (Å²) in [6.07, 6.45) is 4.52. The lowest BCUT2D eigenvalue weighted by Gasteiger charge is -2.05. The highest BCUT2D eigenvalue weighted by molar-refractivity contribution is 5.69. The molecule has 0 aliphatic rings. The van der Waals surface area contributed by atoms with Gasteiger partial charge in [-0.3, -0.25) is 9.36 Å². The zero-order valence-electron chi connectivity index (χ0n) is 8.06. The number of carboxylic acid groups (broad SMARTS) is 1. The normalized spacial score (nSPS) is 12.6. The van der Waals surface area contributed by atoms with E-state index >= 15 is 0 Å². The van der Waals surface area contributed by atoms with Gasteiger partial charge in [0, 0.05) is 18.9 Å². The summed E-state index contributed by atoms with van der Waals surface area (Å²) in [6, 6.07) is 0. The number of aryl methyl sites for hydroxylation is 1. The lowest BCUT2D eigenvalue weighted by molar-refractivity contribution is -0.141. The molecular formula is C9H14N2O3. The fourth-order valence-electron chi connectivity index (χ4n) is 1.22. The summed E-state index contributed by atoms with van der Waals surface area (Å²) < 4.78 is 1.54. The van der Waals surface area contributed by atoms with Crippen LogP contribution >= 0.6 is 0 Å². The number of nitrogens with one attached hydrogen (secondary N) is 1. The quantitative estimate of drug-likeness (QED) is 0.730. The van der Waals surface area contributed by atoms with Crippen LogP contribution in [0.5, 0.6) is 0 Å². The van der Waals surface area contributed by atoms with Gasteiger partial charge in [-0.15, -0.1) is 0 Å². The van der Waals surface area contributed by atoms with Gasteiger partial charge in [-0.25, -0.2) is 4.79 Å². The molecule has 0 fully saturated rings. The van der Waals surface area contributed by atoms with Crippen molar-refractivity contribution in [3.63, 3.8) is 0 Å². The number of imidazole rings is 1. The molecule has 0 aliphatic carbocycles. The first-order valence-electron chi connectivity index (χ1n) is 4.58. The Morgan fingerprint density at radius 1 is 1.71 bits per heavy atom. The molecule has 1 rings (SSSR count). The van der Waals surface area contributed by atoms with Crippen molar-refractivity contribution in [3.05, 3.63) is 22.9 Å². The Kier molecular flexibility index (Phi) is 3.50. The van der Waals surface area contributed by atoms with Crippen LogP contribution in [-0.2, 0) is 11.3 Å². The van der Waals surface area contributed by atoms with E-state index < -0.39 is 5.97 Å². The molecule has 1 aromatic heterocycles. The first kappa shape index (κ1) is 10.6. The SMILES string of the molecule is CC(CCCn1cc[nH]c1=O)C(=O)O. The largest absolute Gasteiger partial charge is 0.481 e. The second-order valence-electron chi connectivity index (χ2n) is 3.34. The van der Waals surface area contributed by atoms with Crippen LogP contribution in [0.25, 0.3) is 0 Å². The number of rotatable bonds is 5. The molecule has 0 bridgehead atoms. The maximum Gasteiger partial charge on any atom is 0.325 e. The Morgan fingerprint density at radius 3 is 2.93 bits per heavy atom. The van der Waals surface area contributed by atoms with E-state index in [4.69, 9.17) is 5.11 Å². The molecule has 1 atom stereocenters. The third-order valence-electron chi connectivity index (χ3n) is 2.18. The number of carboxylic acids is 1. The smallest absolute Gasteiger partial charge is 0.325 e. The minimum absolute atomic E-state index is 0.145. The van der Waals surface area contributed by atoms with Crippen LogP contribution in [0.3, 0.4) is 0 Å². The van der Waals surface area contributed by atoms with Gasteiger partial charge >= 0.3 is 11.7 Å². The van der Waals surface area contributed by atoms with Gasteiger partial charge in [0.1, 0.15) is 0 Å². The first-order chi connectivity index (χ1) is 6.61. The highest BCUT2D eigenvalue weighted by atomic mass is 16.4. The van der Waals surface area contributed by atoms with Gasteiger partial charge in [0.05, 0.1) is 5.92 Å². The summed E-state index contributed by atoms with van der Waals surface area (Å²) >= 11 is 0. The zero-order valence-corrected chi connectivity index (χ0v) is 8.06. The van der Waals surface area contributed by atoms with Crippen molar-refractivity contribution in [2.24, 2.45) is 5.92 Å². The molecule has 1 heterocycles. The summed E-state index contributed by atoms with van der Waals surface area (Å²) in [5.41, 5.74) is -0.145. The van der Waals surface area contributed by atoms with Crippen molar-refractivity contribution >= 4 is 5.97 Å². The predicted octanol–water partition coefficient (Wildman–Crippen LogP) is 0.677. The van der Waals surface area contributed by atoms with E-state index in [1.807, 2.05) is 0 Å². The molecule has 0 saturated carbocycles. The number of aliphatic carboxylic acids is 1. The second-order valence-corrected chi connectivity index (χ2v) is 3.34. The van der Waals surface area contributed by atoms with E-state index in [1.54, 1.807) is 19.3 Å². The van der Waals surface area contributed by atoms with Crippen molar-refractivity contribution < 1.29 is 9.90 Å². The van der Waals surface area contributed by atoms with Gasteiger partial charge in [-0.05, 0) is 12.8 Å². The van der Waals surface area contributed by atoms with Crippen molar-refractivity contribution in [1.29, 1.82) is 0 Å². The van der Waals surface area contributed by atoms with Crippen LogP contribution in [0.15, 0.2) is 17.2 Å². The molecule has 0 saturated heterocycles. The van der Waals surface area contributed by atoms with E-state index in [-0.39, 0.29) is 11.6 Å². The first-order valence-corrected chi connectivity index (χ1v) is 4.58. The van der Waals surface area contributed by atoms with E-state index in [0.29, 0.717) is 19.4 Å². The molecule has 5 heteroatoms. The summed E-state index contributed by atoms with van der Waals surface area (Å²) in [7, 11) is 0. The number of hydrogen-bond donors (Lipinski definition) is 2. The predicted molar refractivity (Wildman–Crippen MR) is 51.1 cm³/mol. The molecule has 1 aromatic rings. The maximum atomic E-state index is 11.0. The summed E-state index contributed by atoms with van der Waals surface area (Å²) in [6.45, 7) is 2.24. The number of aromatic amines is 1. The number of H-pyrrole nitrogens is 1. The number of carbonyl (C=O) groups is 1. The molecule has 0 aromatic carbocycles.